The number of rotatable bonds is 6. The van der Waals surface area contributed by atoms with Gasteiger partial charge in [0.2, 0.25) is 11.8 Å². The maximum Gasteiger partial charge on any atom is 0.348 e. The van der Waals surface area contributed by atoms with Crippen LogP contribution in [0.5, 0.6) is 5.88 Å². The van der Waals surface area contributed by atoms with Gasteiger partial charge in [0.15, 0.2) is 0 Å². The molecule has 2 aromatic rings. The Morgan fingerprint density at radius 3 is 2.47 bits per heavy atom. The fourth-order valence-electron chi connectivity index (χ4n) is 5.40. The molecule has 0 bridgehead atoms. The van der Waals surface area contributed by atoms with Gasteiger partial charge in [-0.1, -0.05) is 45.4 Å². The first-order valence-corrected chi connectivity index (χ1v) is 13.8. The highest BCUT2D eigenvalue weighted by Gasteiger charge is 2.39. The number of nitrogens with zero attached hydrogens (tertiary/aromatic N) is 2. The molecular weight excluding hydrogens is 472 g/mol. The molecule has 6 nitrogen and oxygen atoms in total. The zero-order valence-electron chi connectivity index (χ0n) is 22.0. The topological polar surface area (TPSA) is 79.7 Å². The van der Waals surface area contributed by atoms with Crippen molar-refractivity contribution < 1.29 is 19.4 Å². The summed E-state index contributed by atoms with van der Waals surface area (Å²) >= 11 is 1.30. The highest BCUT2D eigenvalue weighted by molar-refractivity contribution is 7.14. The molecule has 2 aliphatic carbocycles. The molecule has 7 heteroatoms. The Hall–Kier alpha value is -2.67. The Kier molecular flexibility index (Phi) is 7.88. The molecule has 36 heavy (non-hydrogen) atoms. The average Bonchev–Trinajstić information content (AvgIpc) is 3.27. The standard InChI is InChI=1S/C29H38N2O4S/c1-18-9-14-22(19(2)16-18)27(32)31(23-17-24(29(3,4)5)36-26(23)28(33)34)20-10-12-21(13-11-20)35-25-8-6-7-15-30-25/h6-9,15,17,19-22H,10-14,16H2,1-5H3,(H,33,34)/t19-,20-,21-,22-/m0/s1. The van der Waals surface area contributed by atoms with Gasteiger partial charge in [0.1, 0.15) is 11.0 Å². The second kappa shape index (κ2) is 10.8. The highest BCUT2D eigenvalue weighted by atomic mass is 32.1. The van der Waals surface area contributed by atoms with Crippen LogP contribution in [0.1, 0.15) is 87.7 Å². The quantitative estimate of drug-likeness (QED) is 0.430. The Balaban J connectivity index is 1.64. The van der Waals surface area contributed by atoms with Gasteiger partial charge in [-0.2, -0.15) is 0 Å². The molecule has 0 spiro atoms. The van der Waals surface area contributed by atoms with Gasteiger partial charge in [0.25, 0.3) is 0 Å². The van der Waals surface area contributed by atoms with E-state index in [0.29, 0.717) is 18.0 Å². The molecule has 2 aliphatic rings. The third-order valence-electron chi connectivity index (χ3n) is 7.45. The van der Waals surface area contributed by atoms with E-state index in [-0.39, 0.29) is 40.2 Å². The number of carbonyl (C=O) groups excluding carboxylic acids is 1. The number of amides is 1. The van der Waals surface area contributed by atoms with Crippen LogP contribution in [-0.4, -0.2) is 34.1 Å². The summed E-state index contributed by atoms with van der Waals surface area (Å²) in [6, 6.07) is 7.54. The molecule has 1 saturated carbocycles. The van der Waals surface area contributed by atoms with Gasteiger partial charge in [0.05, 0.1) is 5.69 Å². The number of allylic oxidation sites excluding steroid dienone is 2. The van der Waals surface area contributed by atoms with Crippen LogP contribution in [0.2, 0.25) is 0 Å². The van der Waals surface area contributed by atoms with Gasteiger partial charge in [-0.3, -0.25) is 4.79 Å². The maximum absolute atomic E-state index is 14.2. The molecule has 1 fully saturated rings. The first-order chi connectivity index (χ1) is 17.0. The van der Waals surface area contributed by atoms with Crippen LogP contribution < -0.4 is 9.64 Å². The van der Waals surface area contributed by atoms with Crippen molar-refractivity contribution in [2.45, 2.75) is 90.7 Å². The number of hydrogen-bond acceptors (Lipinski definition) is 5. The van der Waals surface area contributed by atoms with E-state index in [2.05, 4.69) is 45.7 Å². The molecule has 2 aromatic heterocycles. The SMILES string of the molecule is CC1=CC[C@H](C(=O)N(c2cc(C(C)(C)C)sc2C(=O)O)[C@H]2CC[C@H](Oc3ccccn3)CC2)[C@@H](C)C1. The van der Waals surface area contributed by atoms with Crippen molar-refractivity contribution in [3.05, 3.63) is 51.9 Å². The molecule has 2 atom stereocenters. The molecule has 4 rings (SSSR count). The summed E-state index contributed by atoms with van der Waals surface area (Å²) in [6.45, 7) is 10.5. The Labute approximate surface area is 218 Å². The lowest BCUT2D eigenvalue weighted by molar-refractivity contribution is -0.124. The molecular formula is C29H38N2O4S. The molecule has 2 heterocycles. The molecule has 0 radical (unpaired) electrons. The zero-order valence-corrected chi connectivity index (χ0v) is 22.8. The van der Waals surface area contributed by atoms with Crippen molar-refractivity contribution in [1.29, 1.82) is 0 Å². The van der Waals surface area contributed by atoms with E-state index in [0.717, 1.165) is 37.0 Å². The third kappa shape index (κ3) is 5.83. The number of aromatic nitrogens is 1. The number of hydrogen-bond donors (Lipinski definition) is 1. The number of pyridine rings is 1. The molecule has 0 aromatic carbocycles. The van der Waals surface area contributed by atoms with Crippen LogP contribution in [0.15, 0.2) is 42.1 Å². The lowest BCUT2D eigenvalue weighted by atomic mass is 9.79. The minimum atomic E-state index is -0.970. The van der Waals surface area contributed by atoms with Crippen molar-refractivity contribution in [2.24, 2.45) is 11.8 Å². The summed E-state index contributed by atoms with van der Waals surface area (Å²) in [5, 5.41) is 10.1. The number of carbonyl (C=O) groups is 2. The molecule has 0 aliphatic heterocycles. The highest BCUT2D eigenvalue weighted by Crippen LogP contribution is 2.42. The van der Waals surface area contributed by atoms with Crippen molar-refractivity contribution in [1.82, 2.24) is 4.98 Å². The van der Waals surface area contributed by atoms with E-state index in [1.807, 2.05) is 29.2 Å². The van der Waals surface area contributed by atoms with Crippen LogP contribution in [-0.2, 0) is 10.2 Å². The summed E-state index contributed by atoms with van der Waals surface area (Å²) in [4.78, 5) is 33.9. The number of aromatic carboxylic acids is 1. The van der Waals surface area contributed by atoms with Crippen molar-refractivity contribution in [3.63, 3.8) is 0 Å². The van der Waals surface area contributed by atoms with E-state index in [9.17, 15) is 14.7 Å². The van der Waals surface area contributed by atoms with Crippen LogP contribution >= 0.6 is 11.3 Å². The zero-order chi connectivity index (χ0) is 26.0. The van der Waals surface area contributed by atoms with Crippen LogP contribution in [0.4, 0.5) is 5.69 Å². The van der Waals surface area contributed by atoms with Crippen molar-refractivity contribution >= 4 is 28.9 Å². The minimum absolute atomic E-state index is 0.0406. The van der Waals surface area contributed by atoms with E-state index in [1.165, 1.54) is 16.9 Å². The monoisotopic (exact) mass is 510 g/mol. The van der Waals surface area contributed by atoms with Crippen molar-refractivity contribution in [2.75, 3.05) is 4.90 Å². The molecule has 0 unspecified atom stereocenters. The normalized spacial score (nSPS) is 24.6. The van der Waals surface area contributed by atoms with Crippen LogP contribution in [0.25, 0.3) is 0 Å². The van der Waals surface area contributed by atoms with Gasteiger partial charge < -0.3 is 14.7 Å². The second-order valence-electron chi connectivity index (χ2n) is 11.4. The Bertz CT molecular complexity index is 1110. The largest absolute Gasteiger partial charge is 0.477 e. The minimum Gasteiger partial charge on any atom is -0.477 e. The molecule has 194 valence electrons. The summed E-state index contributed by atoms with van der Waals surface area (Å²) in [5.74, 6) is -0.212. The second-order valence-corrected chi connectivity index (χ2v) is 12.4. The Morgan fingerprint density at radius 2 is 1.89 bits per heavy atom. The Morgan fingerprint density at radius 1 is 1.17 bits per heavy atom. The maximum atomic E-state index is 14.2. The number of carboxylic acid groups (broad SMARTS) is 1. The number of carboxylic acids is 1. The number of anilines is 1. The predicted octanol–water partition coefficient (Wildman–Crippen LogP) is 6.85. The molecule has 0 saturated heterocycles. The average molecular weight is 511 g/mol. The summed E-state index contributed by atoms with van der Waals surface area (Å²) in [6.07, 6.45) is 8.66. The first-order valence-electron chi connectivity index (χ1n) is 13.0. The smallest absolute Gasteiger partial charge is 0.348 e. The predicted molar refractivity (Wildman–Crippen MR) is 144 cm³/mol. The summed E-state index contributed by atoms with van der Waals surface area (Å²) in [7, 11) is 0. The van der Waals surface area contributed by atoms with E-state index in [1.54, 1.807) is 6.20 Å². The fraction of sp³-hybridized carbons (Fsp3) is 0.552. The van der Waals surface area contributed by atoms with Crippen LogP contribution in [0.3, 0.4) is 0 Å². The van der Waals surface area contributed by atoms with Gasteiger partial charge in [-0.15, -0.1) is 11.3 Å². The molecule has 1 amide bonds. The van der Waals surface area contributed by atoms with Crippen LogP contribution in [0, 0.1) is 11.8 Å². The van der Waals surface area contributed by atoms with Gasteiger partial charge in [-0.25, -0.2) is 9.78 Å². The van der Waals surface area contributed by atoms with E-state index < -0.39 is 5.97 Å². The van der Waals surface area contributed by atoms with E-state index >= 15 is 0 Å². The third-order valence-corrected chi connectivity index (χ3v) is 8.98. The number of thiophene rings is 1. The lowest BCUT2D eigenvalue weighted by Gasteiger charge is -2.40. The van der Waals surface area contributed by atoms with Gasteiger partial charge >= 0.3 is 5.97 Å². The fourth-order valence-corrected chi connectivity index (χ4v) is 6.45. The first kappa shape index (κ1) is 26.4. The van der Waals surface area contributed by atoms with E-state index in [4.69, 9.17) is 4.74 Å². The number of ether oxygens (including phenoxy) is 1. The van der Waals surface area contributed by atoms with Gasteiger partial charge in [0, 0.05) is 29.1 Å². The lowest BCUT2D eigenvalue weighted by Crippen LogP contribution is -2.48. The summed E-state index contributed by atoms with van der Waals surface area (Å²) < 4.78 is 6.09. The summed E-state index contributed by atoms with van der Waals surface area (Å²) in [5.41, 5.74) is 1.69. The van der Waals surface area contributed by atoms with Crippen molar-refractivity contribution in [3.8, 4) is 5.88 Å². The van der Waals surface area contributed by atoms with Gasteiger partial charge in [-0.05, 0) is 68.9 Å². The molecule has 1 N–H and O–H groups in total.